The molecular weight excluding hydrogens is 265 g/mol. The van der Waals surface area contributed by atoms with E-state index in [1.807, 2.05) is 0 Å². The van der Waals surface area contributed by atoms with Gasteiger partial charge in [0, 0.05) is 18.0 Å². The Morgan fingerprint density at radius 1 is 1.50 bits per heavy atom. The van der Waals surface area contributed by atoms with Crippen molar-refractivity contribution in [3.8, 4) is 5.75 Å². The third-order valence-electron chi connectivity index (χ3n) is 2.29. The van der Waals surface area contributed by atoms with Crippen LogP contribution in [0.15, 0.2) is 16.6 Å². The minimum Gasteiger partial charge on any atom is -0.492 e. The predicted octanol–water partition coefficient (Wildman–Crippen LogP) is 2.96. The van der Waals surface area contributed by atoms with Crippen LogP contribution in [-0.4, -0.2) is 6.61 Å². The molecule has 0 amide bonds. The lowest BCUT2D eigenvalue weighted by Crippen LogP contribution is -2.20. The third kappa shape index (κ3) is 2.05. The number of rotatable bonds is 0. The van der Waals surface area contributed by atoms with Crippen molar-refractivity contribution in [2.24, 2.45) is 5.73 Å². The molecule has 0 unspecified atom stereocenters. The second kappa shape index (κ2) is 4.51. The topological polar surface area (TPSA) is 35.2 Å². The number of ether oxygens (including phenoxy) is 1. The SMILES string of the molecule is Cc1cc(Br)c2c(c1)[C@H](N)CCO2.Cl. The van der Waals surface area contributed by atoms with Crippen molar-refractivity contribution in [3.63, 3.8) is 0 Å². The number of hydrogen-bond acceptors (Lipinski definition) is 2. The third-order valence-corrected chi connectivity index (χ3v) is 2.88. The van der Waals surface area contributed by atoms with Crippen LogP contribution in [0, 0.1) is 6.92 Å². The largest absolute Gasteiger partial charge is 0.492 e. The van der Waals surface area contributed by atoms with E-state index in [2.05, 4.69) is 35.0 Å². The maximum Gasteiger partial charge on any atom is 0.138 e. The van der Waals surface area contributed by atoms with Gasteiger partial charge in [0.25, 0.3) is 0 Å². The van der Waals surface area contributed by atoms with Gasteiger partial charge in [-0.2, -0.15) is 0 Å². The summed E-state index contributed by atoms with van der Waals surface area (Å²) in [5, 5.41) is 0. The highest BCUT2D eigenvalue weighted by atomic mass is 79.9. The fourth-order valence-electron chi connectivity index (χ4n) is 1.63. The molecule has 78 valence electrons. The van der Waals surface area contributed by atoms with Crippen molar-refractivity contribution < 1.29 is 4.74 Å². The lowest BCUT2D eigenvalue weighted by molar-refractivity contribution is 0.267. The zero-order valence-corrected chi connectivity index (χ0v) is 10.3. The second-order valence-corrected chi connectivity index (χ2v) is 4.26. The first kappa shape index (κ1) is 11.8. The maximum atomic E-state index is 5.98. The van der Waals surface area contributed by atoms with Crippen molar-refractivity contribution >= 4 is 28.3 Å². The van der Waals surface area contributed by atoms with Gasteiger partial charge in [-0.1, -0.05) is 6.07 Å². The predicted molar refractivity (Wildman–Crippen MR) is 63.2 cm³/mol. The first-order valence-electron chi connectivity index (χ1n) is 4.37. The van der Waals surface area contributed by atoms with Crippen molar-refractivity contribution in [2.45, 2.75) is 19.4 Å². The zero-order valence-electron chi connectivity index (χ0n) is 7.92. The molecule has 2 rings (SSSR count). The van der Waals surface area contributed by atoms with Crippen LogP contribution in [0.2, 0.25) is 0 Å². The van der Waals surface area contributed by atoms with Gasteiger partial charge in [-0.05, 0) is 34.5 Å². The first-order valence-corrected chi connectivity index (χ1v) is 5.16. The summed E-state index contributed by atoms with van der Waals surface area (Å²) >= 11 is 3.48. The molecule has 2 nitrogen and oxygen atoms in total. The van der Waals surface area contributed by atoms with Gasteiger partial charge in [0.15, 0.2) is 0 Å². The highest BCUT2D eigenvalue weighted by Crippen LogP contribution is 2.37. The van der Waals surface area contributed by atoms with E-state index in [-0.39, 0.29) is 18.4 Å². The van der Waals surface area contributed by atoms with E-state index >= 15 is 0 Å². The molecule has 0 radical (unpaired) electrons. The maximum absolute atomic E-state index is 5.98. The van der Waals surface area contributed by atoms with E-state index in [0.717, 1.165) is 28.8 Å². The highest BCUT2D eigenvalue weighted by Gasteiger charge is 2.20. The van der Waals surface area contributed by atoms with E-state index in [0.29, 0.717) is 0 Å². The van der Waals surface area contributed by atoms with E-state index < -0.39 is 0 Å². The second-order valence-electron chi connectivity index (χ2n) is 3.41. The average Bonchev–Trinajstić information content (AvgIpc) is 2.07. The number of aryl methyl sites for hydroxylation is 1. The molecule has 0 saturated carbocycles. The van der Waals surface area contributed by atoms with Crippen LogP contribution in [-0.2, 0) is 0 Å². The van der Waals surface area contributed by atoms with E-state index in [4.69, 9.17) is 10.5 Å². The zero-order chi connectivity index (χ0) is 9.42. The smallest absolute Gasteiger partial charge is 0.138 e. The van der Waals surface area contributed by atoms with Crippen LogP contribution in [0.1, 0.15) is 23.6 Å². The Kier molecular flexibility index (Phi) is 3.81. The number of fused-ring (bicyclic) bond motifs is 1. The summed E-state index contributed by atoms with van der Waals surface area (Å²) in [5.74, 6) is 0.921. The molecule has 0 spiro atoms. The van der Waals surface area contributed by atoms with Gasteiger partial charge in [-0.3, -0.25) is 0 Å². The molecule has 1 atom stereocenters. The van der Waals surface area contributed by atoms with Crippen LogP contribution >= 0.6 is 28.3 Å². The highest BCUT2D eigenvalue weighted by molar-refractivity contribution is 9.10. The molecule has 0 bridgehead atoms. The Morgan fingerprint density at radius 2 is 2.21 bits per heavy atom. The Bertz CT molecular complexity index is 343. The average molecular weight is 279 g/mol. The summed E-state index contributed by atoms with van der Waals surface area (Å²) < 4.78 is 6.56. The molecule has 1 aromatic rings. The van der Waals surface area contributed by atoms with Gasteiger partial charge in [0.05, 0.1) is 11.1 Å². The standard InChI is InChI=1S/C10H12BrNO.ClH/c1-6-4-7-9(12)2-3-13-10(7)8(11)5-6;/h4-5,9H,2-3,12H2,1H3;1H/t9-;/m1./s1. The van der Waals surface area contributed by atoms with E-state index in [9.17, 15) is 0 Å². The molecule has 0 saturated heterocycles. The lowest BCUT2D eigenvalue weighted by Gasteiger charge is -2.24. The fourth-order valence-corrected chi connectivity index (χ4v) is 2.33. The summed E-state index contributed by atoms with van der Waals surface area (Å²) in [6.45, 7) is 2.78. The molecule has 1 heterocycles. The van der Waals surface area contributed by atoms with Gasteiger partial charge in [-0.25, -0.2) is 0 Å². The number of hydrogen-bond donors (Lipinski definition) is 1. The Balaban J connectivity index is 0.000000980. The Morgan fingerprint density at radius 3 is 2.93 bits per heavy atom. The van der Waals surface area contributed by atoms with Gasteiger partial charge < -0.3 is 10.5 Å². The van der Waals surface area contributed by atoms with Crippen molar-refractivity contribution in [1.82, 2.24) is 0 Å². The molecule has 0 aromatic heterocycles. The van der Waals surface area contributed by atoms with Crippen molar-refractivity contribution in [2.75, 3.05) is 6.61 Å². The molecule has 1 aromatic carbocycles. The Labute approximate surface area is 98.4 Å². The van der Waals surface area contributed by atoms with Crippen LogP contribution < -0.4 is 10.5 Å². The minimum absolute atomic E-state index is 0. The summed E-state index contributed by atoms with van der Waals surface area (Å²) in [5.41, 5.74) is 8.32. The van der Waals surface area contributed by atoms with Crippen LogP contribution in [0.4, 0.5) is 0 Å². The van der Waals surface area contributed by atoms with Gasteiger partial charge in [-0.15, -0.1) is 12.4 Å². The molecular formula is C10H13BrClNO. The summed E-state index contributed by atoms with van der Waals surface area (Å²) in [4.78, 5) is 0. The number of halogens is 2. The van der Waals surface area contributed by atoms with E-state index in [1.165, 1.54) is 5.56 Å². The van der Waals surface area contributed by atoms with Crippen LogP contribution in [0.5, 0.6) is 5.75 Å². The quantitative estimate of drug-likeness (QED) is 0.792. The lowest BCUT2D eigenvalue weighted by atomic mass is 10.00. The fraction of sp³-hybridized carbons (Fsp3) is 0.400. The summed E-state index contributed by atoms with van der Waals surface area (Å²) in [6.07, 6.45) is 0.906. The molecule has 4 heteroatoms. The molecule has 0 fully saturated rings. The molecule has 0 aliphatic carbocycles. The number of nitrogens with two attached hydrogens (primary N) is 1. The van der Waals surface area contributed by atoms with Crippen LogP contribution in [0.25, 0.3) is 0 Å². The van der Waals surface area contributed by atoms with Crippen molar-refractivity contribution in [3.05, 3.63) is 27.7 Å². The van der Waals surface area contributed by atoms with E-state index in [1.54, 1.807) is 0 Å². The summed E-state index contributed by atoms with van der Waals surface area (Å²) in [6, 6.07) is 4.28. The molecule has 14 heavy (non-hydrogen) atoms. The van der Waals surface area contributed by atoms with Gasteiger partial charge in [0.1, 0.15) is 5.75 Å². The van der Waals surface area contributed by atoms with Crippen LogP contribution in [0.3, 0.4) is 0 Å². The van der Waals surface area contributed by atoms with Gasteiger partial charge >= 0.3 is 0 Å². The van der Waals surface area contributed by atoms with Gasteiger partial charge in [0.2, 0.25) is 0 Å². The first-order chi connectivity index (χ1) is 6.18. The molecule has 1 aliphatic heterocycles. The summed E-state index contributed by atoms with van der Waals surface area (Å²) in [7, 11) is 0. The number of benzene rings is 1. The molecule has 1 aliphatic rings. The minimum atomic E-state index is 0. The molecule has 2 N–H and O–H groups in total. The normalized spacial score (nSPS) is 19.2. The Hall–Kier alpha value is -0.250. The van der Waals surface area contributed by atoms with Crippen molar-refractivity contribution in [1.29, 1.82) is 0 Å². The monoisotopic (exact) mass is 277 g/mol.